The molecule has 1 amide bonds. The van der Waals surface area contributed by atoms with Crippen LogP contribution < -0.4 is 14.4 Å². The molecule has 38 heavy (non-hydrogen) atoms. The van der Waals surface area contributed by atoms with Crippen molar-refractivity contribution in [2.75, 3.05) is 45.8 Å². The number of carbonyl (C=O) groups excluding carboxylic acids is 1. The number of rotatable bonds is 14. The third-order valence-corrected chi connectivity index (χ3v) is 6.87. The summed E-state index contributed by atoms with van der Waals surface area (Å²) >= 11 is 7.74. The van der Waals surface area contributed by atoms with Crippen LogP contribution in [0.4, 0.5) is 5.82 Å². The largest absolute Gasteiger partial charge is 0.493 e. The molecule has 1 aromatic heterocycles. The molecule has 1 heterocycles. The molecule has 9 heteroatoms. The number of methoxy groups -OCH3 is 2. The minimum absolute atomic E-state index is 0.0388. The minimum atomic E-state index is -0.0388. The van der Waals surface area contributed by atoms with Crippen LogP contribution in [0.5, 0.6) is 11.5 Å². The van der Waals surface area contributed by atoms with Crippen molar-refractivity contribution in [1.82, 2.24) is 14.9 Å². The summed E-state index contributed by atoms with van der Waals surface area (Å²) in [4.78, 5) is 25.9. The van der Waals surface area contributed by atoms with Gasteiger partial charge in [-0.1, -0.05) is 53.7 Å². The quantitative estimate of drug-likeness (QED) is 0.106. The van der Waals surface area contributed by atoms with E-state index in [1.165, 1.54) is 11.8 Å². The predicted octanol–water partition coefficient (Wildman–Crippen LogP) is 5.93. The Morgan fingerprint density at radius 2 is 1.74 bits per heavy atom. The number of amides is 1. The van der Waals surface area contributed by atoms with E-state index in [1.54, 1.807) is 37.3 Å². The fourth-order valence-electron chi connectivity index (χ4n) is 3.78. The van der Waals surface area contributed by atoms with Gasteiger partial charge in [-0.15, -0.1) is 13.2 Å². The lowest BCUT2D eigenvalue weighted by Crippen LogP contribution is -2.28. The van der Waals surface area contributed by atoms with Gasteiger partial charge in [-0.3, -0.25) is 4.79 Å². The number of hydrogen-bond donors (Lipinski definition) is 0. The molecule has 200 valence electrons. The van der Waals surface area contributed by atoms with E-state index in [2.05, 4.69) is 23.1 Å². The van der Waals surface area contributed by atoms with Crippen LogP contribution >= 0.6 is 23.4 Å². The van der Waals surface area contributed by atoms with Crippen molar-refractivity contribution in [2.24, 2.45) is 0 Å². The molecule has 0 unspecified atom stereocenters. The summed E-state index contributed by atoms with van der Waals surface area (Å²) < 4.78 is 10.7. The number of halogens is 1. The average Bonchev–Trinajstić information content (AvgIpc) is 2.94. The van der Waals surface area contributed by atoms with Gasteiger partial charge in [-0.2, -0.15) is 0 Å². The van der Waals surface area contributed by atoms with Crippen LogP contribution in [0.2, 0.25) is 5.15 Å². The summed E-state index contributed by atoms with van der Waals surface area (Å²) in [6, 6.07) is 15.2. The lowest BCUT2D eigenvalue weighted by molar-refractivity contribution is 0.0796. The zero-order chi connectivity index (χ0) is 27.5. The standard InChI is InChI=1S/C29H33ClN4O3S/c1-6-14-34(15-7-2)27-19-26(30)31-29(32-27)38-20-22-9-8-10-23(17-22)28(35)33(3)16-13-21-11-12-24(36-4)25(18-21)37-5/h6-12,17-19H,1-2,13-16,20H2,3-5H3. The Balaban J connectivity index is 1.64. The van der Waals surface area contributed by atoms with Crippen LogP contribution in [-0.4, -0.2) is 61.7 Å². The average molecular weight is 553 g/mol. The number of aromatic nitrogens is 2. The summed E-state index contributed by atoms with van der Waals surface area (Å²) in [6.45, 7) is 9.42. The van der Waals surface area contributed by atoms with Crippen LogP contribution in [0.15, 0.2) is 79.0 Å². The van der Waals surface area contributed by atoms with E-state index in [0.29, 0.717) is 65.0 Å². The third kappa shape index (κ3) is 8.00. The van der Waals surface area contributed by atoms with Crippen molar-refractivity contribution in [3.05, 3.63) is 95.7 Å². The molecule has 0 aliphatic heterocycles. The Hall–Kier alpha value is -3.49. The first-order chi connectivity index (χ1) is 18.4. The van der Waals surface area contributed by atoms with Gasteiger partial charge in [-0.25, -0.2) is 9.97 Å². The van der Waals surface area contributed by atoms with Crippen LogP contribution in [0.1, 0.15) is 21.5 Å². The number of thioether (sulfide) groups is 1. The van der Waals surface area contributed by atoms with Crippen molar-refractivity contribution in [1.29, 1.82) is 0 Å². The van der Waals surface area contributed by atoms with Crippen molar-refractivity contribution < 1.29 is 14.3 Å². The van der Waals surface area contributed by atoms with Gasteiger partial charge in [0.1, 0.15) is 11.0 Å². The highest BCUT2D eigenvalue weighted by Gasteiger charge is 2.14. The number of likely N-dealkylation sites (N-methyl/N-ethyl adjacent to an activating group) is 1. The molecule has 0 saturated carbocycles. The van der Waals surface area contributed by atoms with E-state index in [0.717, 1.165) is 11.1 Å². The first-order valence-corrected chi connectivity index (χ1v) is 13.4. The van der Waals surface area contributed by atoms with Crippen LogP contribution in [-0.2, 0) is 12.2 Å². The molecule has 0 spiro atoms. The van der Waals surface area contributed by atoms with Gasteiger partial charge in [-0.05, 0) is 41.8 Å². The summed E-state index contributed by atoms with van der Waals surface area (Å²) in [5.41, 5.74) is 2.69. The summed E-state index contributed by atoms with van der Waals surface area (Å²) in [6.07, 6.45) is 4.31. The second-order valence-corrected chi connectivity index (χ2v) is 9.80. The highest BCUT2D eigenvalue weighted by atomic mass is 35.5. The molecule has 3 aromatic rings. The molecule has 0 fully saturated rings. The maximum Gasteiger partial charge on any atom is 0.253 e. The summed E-state index contributed by atoms with van der Waals surface area (Å²) in [5, 5.41) is 0.935. The molecule has 2 aromatic carbocycles. The van der Waals surface area contributed by atoms with Crippen LogP contribution in [0.25, 0.3) is 0 Å². The topological polar surface area (TPSA) is 67.8 Å². The van der Waals surface area contributed by atoms with Crippen molar-refractivity contribution in [3.63, 3.8) is 0 Å². The van der Waals surface area contributed by atoms with Crippen LogP contribution in [0, 0.1) is 0 Å². The second-order valence-electron chi connectivity index (χ2n) is 8.47. The van der Waals surface area contributed by atoms with Crippen LogP contribution in [0.3, 0.4) is 0 Å². The molecule has 0 aliphatic carbocycles. The maximum atomic E-state index is 13.1. The Labute approximate surface area is 234 Å². The molecular formula is C29H33ClN4O3S. The molecule has 0 atom stereocenters. The van der Waals surface area contributed by atoms with Crippen molar-refractivity contribution in [2.45, 2.75) is 17.3 Å². The van der Waals surface area contributed by atoms with Gasteiger partial charge in [0.15, 0.2) is 16.7 Å². The smallest absolute Gasteiger partial charge is 0.253 e. The number of benzene rings is 2. The first kappa shape index (κ1) is 29.1. The molecule has 7 nitrogen and oxygen atoms in total. The minimum Gasteiger partial charge on any atom is -0.493 e. The Morgan fingerprint density at radius 1 is 1.00 bits per heavy atom. The molecule has 3 rings (SSSR count). The number of carbonyl (C=O) groups is 1. The Bertz CT molecular complexity index is 1260. The van der Waals surface area contributed by atoms with E-state index in [9.17, 15) is 4.79 Å². The summed E-state index contributed by atoms with van der Waals surface area (Å²) in [5.74, 6) is 2.63. The van der Waals surface area contributed by atoms with E-state index in [1.807, 2.05) is 54.4 Å². The molecule has 0 N–H and O–H groups in total. The van der Waals surface area contributed by atoms with E-state index < -0.39 is 0 Å². The summed E-state index contributed by atoms with van der Waals surface area (Å²) in [7, 11) is 5.03. The van der Waals surface area contributed by atoms with E-state index >= 15 is 0 Å². The lowest BCUT2D eigenvalue weighted by Gasteiger charge is -2.20. The van der Waals surface area contributed by atoms with Gasteiger partial charge in [0.05, 0.1) is 14.2 Å². The number of ether oxygens (including phenoxy) is 2. The van der Waals surface area contributed by atoms with Gasteiger partial charge < -0.3 is 19.3 Å². The highest BCUT2D eigenvalue weighted by Crippen LogP contribution is 2.28. The fourth-order valence-corrected chi connectivity index (χ4v) is 4.81. The van der Waals surface area contributed by atoms with Gasteiger partial charge in [0, 0.05) is 44.1 Å². The van der Waals surface area contributed by atoms with Crippen molar-refractivity contribution >= 4 is 35.1 Å². The third-order valence-electron chi connectivity index (χ3n) is 5.76. The zero-order valence-corrected chi connectivity index (χ0v) is 23.6. The Kier molecular flexibility index (Phi) is 11.1. The van der Waals surface area contributed by atoms with Gasteiger partial charge in [0.2, 0.25) is 0 Å². The predicted molar refractivity (Wildman–Crippen MR) is 156 cm³/mol. The first-order valence-electron chi connectivity index (χ1n) is 12.1. The monoisotopic (exact) mass is 552 g/mol. The normalized spacial score (nSPS) is 10.5. The molecule has 0 saturated heterocycles. The Morgan fingerprint density at radius 3 is 2.42 bits per heavy atom. The number of anilines is 1. The van der Waals surface area contributed by atoms with E-state index in [4.69, 9.17) is 21.1 Å². The molecule has 0 radical (unpaired) electrons. The molecular weight excluding hydrogens is 520 g/mol. The maximum absolute atomic E-state index is 13.1. The van der Waals surface area contributed by atoms with Gasteiger partial charge in [0.25, 0.3) is 5.91 Å². The number of nitrogens with zero attached hydrogens (tertiary/aromatic N) is 4. The zero-order valence-electron chi connectivity index (χ0n) is 22.0. The SMILES string of the molecule is C=CCN(CC=C)c1cc(Cl)nc(SCc2cccc(C(=O)N(C)CCc3ccc(OC)c(OC)c3)c2)n1. The second kappa shape index (κ2) is 14.4. The van der Waals surface area contributed by atoms with Crippen molar-refractivity contribution in [3.8, 4) is 11.5 Å². The van der Waals surface area contributed by atoms with Gasteiger partial charge >= 0.3 is 0 Å². The highest BCUT2D eigenvalue weighted by molar-refractivity contribution is 7.98. The fraction of sp³-hybridized carbons (Fsp3) is 0.276. The molecule has 0 bridgehead atoms. The lowest BCUT2D eigenvalue weighted by atomic mass is 10.1. The molecule has 0 aliphatic rings. The number of hydrogen-bond acceptors (Lipinski definition) is 7. The van der Waals surface area contributed by atoms with E-state index in [-0.39, 0.29) is 5.91 Å².